The largest absolute Gasteiger partial charge is 0.389 e. The molecule has 0 spiro atoms. The van der Waals surface area contributed by atoms with Gasteiger partial charge in [-0.15, -0.1) is 11.8 Å². The van der Waals surface area contributed by atoms with Crippen LogP contribution in [0.5, 0.6) is 0 Å². The molecule has 0 amide bonds. The van der Waals surface area contributed by atoms with Crippen LogP contribution in [0.2, 0.25) is 0 Å². The molecule has 1 aromatic heterocycles. The standard InChI is InChI=1S/C13H13N3S2/c1-18-11-4-2-3-10(8-11)16-12-7-9(13(14)17)5-6-15-12/h2-8H,1H3,(H2,14,17)(H,15,16). The lowest BCUT2D eigenvalue weighted by atomic mass is 10.2. The Labute approximate surface area is 116 Å². The molecule has 0 aliphatic heterocycles. The summed E-state index contributed by atoms with van der Waals surface area (Å²) in [6.45, 7) is 0. The highest BCUT2D eigenvalue weighted by Gasteiger charge is 2.01. The Bertz CT molecular complexity index is 570. The second kappa shape index (κ2) is 5.84. The zero-order valence-corrected chi connectivity index (χ0v) is 11.5. The summed E-state index contributed by atoms with van der Waals surface area (Å²) in [6, 6.07) is 11.8. The quantitative estimate of drug-likeness (QED) is 0.663. The molecule has 2 rings (SSSR count). The molecular formula is C13H13N3S2. The lowest BCUT2D eigenvalue weighted by Gasteiger charge is -2.07. The first kappa shape index (κ1) is 12.9. The van der Waals surface area contributed by atoms with E-state index in [1.165, 1.54) is 4.90 Å². The number of rotatable bonds is 4. The molecule has 0 aliphatic rings. The van der Waals surface area contributed by atoms with E-state index in [1.54, 1.807) is 24.0 Å². The van der Waals surface area contributed by atoms with E-state index in [0.717, 1.165) is 17.1 Å². The van der Waals surface area contributed by atoms with Crippen LogP contribution in [0, 0.1) is 0 Å². The lowest BCUT2D eigenvalue weighted by Crippen LogP contribution is -2.09. The van der Waals surface area contributed by atoms with Gasteiger partial charge in [-0.2, -0.15) is 0 Å². The Morgan fingerprint density at radius 2 is 2.17 bits per heavy atom. The molecule has 0 saturated heterocycles. The molecule has 0 aliphatic carbocycles. The van der Waals surface area contributed by atoms with Gasteiger partial charge in [-0.05, 0) is 36.6 Å². The van der Waals surface area contributed by atoms with E-state index in [-0.39, 0.29) is 0 Å². The van der Waals surface area contributed by atoms with Crippen molar-refractivity contribution in [2.24, 2.45) is 5.73 Å². The van der Waals surface area contributed by atoms with E-state index < -0.39 is 0 Å². The van der Waals surface area contributed by atoms with Crippen LogP contribution in [0.25, 0.3) is 0 Å². The van der Waals surface area contributed by atoms with Crippen LogP contribution in [0.3, 0.4) is 0 Å². The summed E-state index contributed by atoms with van der Waals surface area (Å²) in [4.78, 5) is 5.81. The minimum Gasteiger partial charge on any atom is -0.389 e. The lowest BCUT2D eigenvalue weighted by molar-refractivity contribution is 1.29. The Morgan fingerprint density at radius 3 is 2.89 bits per heavy atom. The fourth-order valence-electron chi connectivity index (χ4n) is 1.50. The highest BCUT2D eigenvalue weighted by atomic mass is 32.2. The highest BCUT2D eigenvalue weighted by Crippen LogP contribution is 2.21. The van der Waals surface area contributed by atoms with Gasteiger partial charge >= 0.3 is 0 Å². The van der Waals surface area contributed by atoms with E-state index in [0.29, 0.717) is 4.99 Å². The van der Waals surface area contributed by atoms with Crippen LogP contribution in [-0.2, 0) is 0 Å². The van der Waals surface area contributed by atoms with Gasteiger partial charge in [0.25, 0.3) is 0 Å². The molecule has 18 heavy (non-hydrogen) atoms. The smallest absolute Gasteiger partial charge is 0.130 e. The maximum absolute atomic E-state index is 5.59. The zero-order chi connectivity index (χ0) is 13.0. The van der Waals surface area contributed by atoms with Crippen molar-refractivity contribution in [3.63, 3.8) is 0 Å². The van der Waals surface area contributed by atoms with Gasteiger partial charge in [0.2, 0.25) is 0 Å². The van der Waals surface area contributed by atoms with Crippen molar-refractivity contribution in [1.82, 2.24) is 4.98 Å². The number of pyridine rings is 1. The molecule has 0 fully saturated rings. The summed E-state index contributed by atoms with van der Waals surface area (Å²) < 4.78 is 0. The molecule has 3 nitrogen and oxygen atoms in total. The first-order valence-electron chi connectivity index (χ1n) is 5.36. The molecule has 92 valence electrons. The summed E-state index contributed by atoms with van der Waals surface area (Å²) in [5, 5.41) is 3.23. The molecule has 0 bridgehead atoms. The number of benzene rings is 1. The number of aromatic nitrogens is 1. The number of nitrogens with two attached hydrogens (primary N) is 1. The predicted octanol–water partition coefficient (Wildman–Crippen LogP) is 3.18. The predicted molar refractivity (Wildman–Crippen MR) is 81.6 cm³/mol. The molecule has 2 aromatic rings. The Morgan fingerprint density at radius 1 is 1.33 bits per heavy atom. The number of hydrogen-bond donors (Lipinski definition) is 2. The van der Waals surface area contributed by atoms with E-state index in [4.69, 9.17) is 18.0 Å². The minimum absolute atomic E-state index is 0.373. The summed E-state index contributed by atoms with van der Waals surface area (Å²) in [7, 11) is 0. The molecule has 1 heterocycles. The summed E-state index contributed by atoms with van der Waals surface area (Å²) in [5.74, 6) is 0.735. The number of thiocarbonyl (C=S) groups is 1. The summed E-state index contributed by atoms with van der Waals surface area (Å²) in [5.41, 5.74) is 7.40. The highest BCUT2D eigenvalue weighted by molar-refractivity contribution is 7.98. The molecule has 5 heteroatoms. The molecule has 0 atom stereocenters. The topological polar surface area (TPSA) is 50.9 Å². The maximum atomic E-state index is 5.59. The molecule has 0 radical (unpaired) electrons. The average molecular weight is 275 g/mol. The number of nitrogens with zero attached hydrogens (tertiary/aromatic N) is 1. The Kier molecular flexibility index (Phi) is 4.17. The van der Waals surface area contributed by atoms with Gasteiger partial charge in [-0.25, -0.2) is 4.98 Å². The van der Waals surface area contributed by atoms with E-state index in [1.807, 2.05) is 24.5 Å². The third-order valence-electron chi connectivity index (χ3n) is 2.39. The third-order valence-corrected chi connectivity index (χ3v) is 3.35. The van der Waals surface area contributed by atoms with Crippen molar-refractivity contribution < 1.29 is 0 Å². The van der Waals surface area contributed by atoms with Crippen molar-refractivity contribution in [1.29, 1.82) is 0 Å². The molecular weight excluding hydrogens is 262 g/mol. The van der Waals surface area contributed by atoms with Crippen LogP contribution < -0.4 is 11.1 Å². The van der Waals surface area contributed by atoms with E-state index in [9.17, 15) is 0 Å². The fourth-order valence-corrected chi connectivity index (χ4v) is 2.09. The minimum atomic E-state index is 0.373. The van der Waals surface area contributed by atoms with Crippen molar-refractivity contribution in [3.8, 4) is 0 Å². The summed E-state index contributed by atoms with van der Waals surface area (Å²) >= 11 is 6.65. The van der Waals surface area contributed by atoms with Gasteiger partial charge in [0.1, 0.15) is 10.8 Å². The van der Waals surface area contributed by atoms with Crippen LogP contribution in [0.4, 0.5) is 11.5 Å². The second-order valence-corrected chi connectivity index (χ2v) is 4.97. The van der Waals surface area contributed by atoms with Crippen molar-refractivity contribution >= 4 is 40.5 Å². The molecule has 0 saturated carbocycles. The van der Waals surface area contributed by atoms with Crippen LogP contribution in [0.1, 0.15) is 5.56 Å². The average Bonchev–Trinajstić information content (AvgIpc) is 2.39. The van der Waals surface area contributed by atoms with Gasteiger partial charge in [-0.3, -0.25) is 0 Å². The number of anilines is 2. The maximum Gasteiger partial charge on any atom is 0.130 e. The Hall–Kier alpha value is -1.59. The number of hydrogen-bond acceptors (Lipinski definition) is 4. The van der Waals surface area contributed by atoms with Gasteiger partial charge in [0.15, 0.2) is 0 Å². The van der Waals surface area contributed by atoms with Crippen LogP contribution in [-0.4, -0.2) is 16.2 Å². The van der Waals surface area contributed by atoms with Crippen molar-refractivity contribution in [3.05, 3.63) is 48.2 Å². The van der Waals surface area contributed by atoms with E-state index >= 15 is 0 Å². The van der Waals surface area contributed by atoms with Crippen molar-refractivity contribution in [2.75, 3.05) is 11.6 Å². The first-order chi connectivity index (χ1) is 8.69. The second-order valence-electron chi connectivity index (χ2n) is 3.65. The van der Waals surface area contributed by atoms with Crippen molar-refractivity contribution in [2.45, 2.75) is 4.90 Å². The monoisotopic (exact) mass is 275 g/mol. The third kappa shape index (κ3) is 3.21. The summed E-state index contributed by atoms with van der Waals surface area (Å²) in [6.07, 6.45) is 3.74. The molecule has 1 aromatic carbocycles. The van der Waals surface area contributed by atoms with Gasteiger partial charge in [0, 0.05) is 22.3 Å². The SMILES string of the molecule is CSc1cccc(Nc2cc(C(N)=S)ccn2)c1. The molecule has 0 unspecified atom stereocenters. The Balaban J connectivity index is 2.22. The number of thioether (sulfide) groups is 1. The van der Waals surface area contributed by atoms with Crippen LogP contribution in [0.15, 0.2) is 47.5 Å². The van der Waals surface area contributed by atoms with Gasteiger partial charge < -0.3 is 11.1 Å². The van der Waals surface area contributed by atoms with Gasteiger partial charge in [-0.1, -0.05) is 18.3 Å². The van der Waals surface area contributed by atoms with E-state index in [2.05, 4.69) is 22.4 Å². The zero-order valence-electron chi connectivity index (χ0n) is 9.88. The van der Waals surface area contributed by atoms with Gasteiger partial charge in [0.05, 0.1) is 0 Å². The number of nitrogens with one attached hydrogen (secondary N) is 1. The molecule has 3 N–H and O–H groups in total. The normalized spacial score (nSPS) is 10.1. The van der Waals surface area contributed by atoms with Crippen LogP contribution >= 0.6 is 24.0 Å². The first-order valence-corrected chi connectivity index (χ1v) is 6.99. The fraction of sp³-hybridized carbons (Fsp3) is 0.0769.